The third-order valence-corrected chi connectivity index (χ3v) is 1.94. The summed E-state index contributed by atoms with van der Waals surface area (Å²) in [5.41, 5.74) is 1.30. The Hall–Kier alpha value is -2.17. The van der Waals surface area contributed by atoms with Gasteiger partial charge in [0.05, 0.1) is 4.92 Å². The molecule has 0 radical (unpaired) electrons. The summed E-state index contributed by atoms with van der Waals surface area (Å²) < 4.78 is 0. The molecule has 0 unspecified atom stereocenters. The lowest BCUT2D eigenvalue weighted by molar-refractivity contribution is -0.401. The summed E-state index contributed by atoms with van der Waals surface area (Å²) in [6, 6.07) is 6.74. The number of nitrogens with one attached hydrogen (secondary N) is 1. The molecule has 1 N–H and O–H groups in total. The largest absolute Gasteiger partial charge is 0.316 e. The van der Waals surface area contributed by atoms with Crippen LogP contribution in [0.4, 0.5) is 0 Å². The fraction of sp³-hybridized carbons (Fsp3) is 0. The van der Waals surface area contributed by atoms with Crippen LogP contribution < -0.4 is 5.32 Å². The van der Waals surface area contributed by atoms with E-state index in [1.807, 2.05) is 0 Å². The van der Waals surface area contributed by atoms with Crippen molar-refractivity contribution in [2.45, 2.75) is 0 Å². The van der Waals surface area contributed by atoms with Gasteiger partial charge >= 0.3 is 0 Å². The van der Waals surface area contributed by atoms with E-state index in [1.54, 1.807) is 24.3 Å². The molecular weight excluding hydrogens is 184 g/mol. The molecule has 0 fully saturated rings. The molecule has 0 aromatic heterocycles. The van der Waals surface area contributed by atoms with E-state index in [0.29, 0.717) is 11.1 Å². The zero-order chi connectivity index (χ0) is 10.1. The van der Waals surface area contributed by atoms with E-state index in [0.717, 1.165) is 6.20 Å². The van der Waals surface area contributed by atoms with Crippen molar-refractivity contribution in [2.75, 3.05) is 0 Å². The van der Waals surface area contributed by atoms with Crippen LogP contribution in [0.5, 0.6) is 0 Å². The highest BCUT2D eigenvalue weighted by Gasteiger charge is 2.24. The monoisotopic (exact) mass is 190 g/mol. The molecule has 2 rings (SSSR count). The zero-order valence-corrected chi connectivity index (χ0v) is 7.06. The standard InChI is InChI=1S/C9H6N2O3/c12-9-7-4-2-1-3-6(7)8(10-9)5-11(13)14/h1-5H,(H,10,12). The predicted octanol–water partition coefficient (Wildman–Crippen LogP) is 1.01. The van der Waals surface area contributed by atoms with Crippen LogP contribution in [-0.4, -0.2) is 10.8 Å². The number of hydrogen-bond acceptors (Lipinski definition) is 3. The average Bonchev–Trinajstić information content (AvgIpc) is 2.44. The van der Waals surface area contributed by atoms with Crippen LogP contribution in [0.25, 0.3) is 5.70 Å². The second-order valence-corrected chi connectivity index (χ2v) is 2.83. The number of nitrogens with zero attached hydrogens (tertiary/aromatic N) is 1. The van der Waals surface area contributed by atoms with Crippen LogP contribution in [0, 0.1) is 10.1 Å². The lowest BCUT2D eigenvalue weighted by Crippen LogP contribution is -2.12. The fourth-order valence-electron chi connectivity index (χ4n) is 1.38. The van der Waals surface area contributed by atoms with Crippen molar-refractivity contribution in [3.63, 3.8) is 0 Å². The highest BCUT2D eigenvalue weighted by atomic mass is 16.6. The van der Waals surface area contributed by atoms with Gasteiger partial charge in [-0.1, -0.05) is 18.2 Å². The van der Waals surface area contributed by atoms with Gasteiger partial charge in [-0.2, -0.15) is 0 Å². The Labute approximate surface area is 79.2 Å². The van der Waals surface area contributed by atoms with Gasteiger partial charge in [0, 0.05) is 11.1 Å². The maximum Gasteiger partial charge on any atom is 0.258 e. The molecule has 1 aromatic rings. The van der Waals surface area contributed by atoms with Crippen LogP contribution in [0.3, 0.4) is 0 Å². The molecule has 1 heterocycles. The van der Waals surface area contributed by atoms with E-state index >= 15 is 0 Å². The molecule has 14 heavy (non-hydrogen) atoms. The first-order valence-corrected chi connectivity index (χ1v) is 3.94. The lowest BCUT2D eigenvalue weighted by Gasteiger charge is -1.93. The minimum absolute atomic E-state index is 0.246. The molecule has 0 spiro atoms. The Kier molecular flexibility index (Phi) is 1.78. The van der Waals surface area contributed by atoms with Crippen LogP contribution in [0.15, 0.2) is 30.5 Å². The van der Waals surface area contributed by atoms with Crippen LogP contribution in [0.2, 0.25) is 0 Å². The Balaban J connectivity index is 2.54. The van der Waals surface area contributed by atoms with Gasteiger partial charge in [0.1, 0.15) is 5.70 Å². The number of fused-ring (bicyclic) bond motifs is 1. The molecule has 0 atom stereocenters. The van der Waals surface area contributed by atoms with Gasteiger partial charge in [-0.05, 0) is 6.07 Å². The number of amides is 1. The molecule has 1 aliphatic rings. The predicted molar refractivity (Wildman–Crippen MR) is 48.9 cm³/mol. The summed E-state index contributed by atoms with van der Waals surface area (Å²) in [7, 11) is 0. The van der Waals surface area contributed by atoms with E-state index in [1.165, 1.54) is 0 Å². The van der Waals surface area contributed by atoms with Crippen LogP contribution in [0.1, 0.15) is 15.9 Å². The van der Waals surface area contributed by atoms with E-state index in [4.69, 9.17) is 0 Å². The molecule has 70 valence electrons. The molecule has 0 aliphatic carbocycles. The summed E-state index contributed by atoms with van der Waals surface area (Å²) in [6.07, 6.45) is 0.795. The molecule has 1 amide bonds. The fourth-order valence-corrected chi connectivity index (χ4v) is 1.38. The molecule has 0 bridgehead atoms. The molecular formula is C9H6N2O3. The van der Waals surface area contributed by atoms with Crippen molar-refractivity contribution in [3.05, 3.63) is 51.7 Å². The Morgan fingerprint density at radius 3 is 2.57 bits per heavy atom. The normalized spacial score (nSPS) is 16.6. The second-order valence-electron chi connectivity index (χ2n) is 2.83. The number of benzene rings is 1. The first kappa shape index (κ1) is 8.43. The Bertz CT molecular complexity index is 451. The summed E-state index contributed by atoms with van der Waals surface area (Å²) in [5.74, 6) is -0.297. The minimum Gasteiger partial charge on any atom is -0.316 e. The van der Waals surface area contributed by atoms with Gasteiger partial charge in [0.15, 0.2) is 0 Å². The van der Waals surface area contributed by atoms with E-state index in [2.05, 4.69) is 5.32 Å². The van der Waals surface area contributed by atoms with E-state index < -0.39 is 4.92 Å². The number of carbonyl (C=O) groups is 1. The van der Waals surface area contributed by atoms with Gasteiger partial charge in [-0.15, -0.1) is 0 Å². The maximum absolute atomic E-state index is 11.3. The van der Waals surface area contributed by atoms with Crippen molar-refractivity contribution in [1.82, 2.24) is 5.32 Å². The number of hydrogen-bond donors (Lipinski definition) is 1. The van der Waals surface area contributed by atoms with Gasteiger partial charge in [-0.25, -0.2) is 0 Å². The highest BCUT2D eigenvalue weighted by Crippen LogP contribution is 2.23. The summed E-state index contributed by atoms with van der Waals surface area (Å²) >= 11 is 0. The van der Waals surface area contributed by atoms with Crippen LogP contribution >= 0.6 is 0 Å². The van der Waals surface area contributed by atoms with Crippen LogP contribution in [-0.2, 0) is 0 Å². The van der Waals surface area contributed by atoms with Crippen molar-refractivity contribution >= 4 is 11.6 Å². The van der Waals surface area contributed by atoms with Gasteiger partial charge in [0.25, 0.3) is 12.1 Å². The third kappa shape index (κ3) is 1.24. The van der Waals surface area contributed by atoms with Gasteiger partial charge in [0.2, 0.25) is 0 Å². The number of rotatable bonds is 1. The Morgan fingerprint density at radius 2 is 1.93 bits per heavy atom. The topological polar surface area (TPSA) is 72.2 Å². The molecule has 1 aliphatic heterocycles. The van der Waals surface area contributed by atoms with Crippen molar-refractivity contribution < 1.29 is 9.72 Å². The highest BCUT2D eigenvalue weighted by molar-refractivity contribution is 6.08. The summed E-state index contributed by atoms with van der Waals surface area (Å²) in [4.78, 5) is 20.9. The van der Waals surface area contributed by atoms with E-state index in [-0.39, 0.29) is 11.6 Å². The van der Waals surface area contributed by atoms with Gasteiger partial charge < -0.3 is 5.32 Å². The molecule has 5 heteroatoms. The third-order valence-electron chi connectivity index (χ3n) is 1.94. The second kappa shape index (κ2) is 2.95. The first-order chi connectivity index (χ1) is 6.68. The minimum atomic E-state index is -0.586. The van der Waals surface area contributed by atoms with Crippen molar-refractivity contribution in [1.29, 1.82) is 0 Å². The number of carbonyl (C=O) groups excluding carboxylic acids is 1. The molecule has 0 saturated carbocycles. The van der Waals surface area contributed by atoms with Crippen molar-refractivity contribution in [3.8, 4) is 0 Å². The smallest absolute Gasteiger partial charge is 0.258 e. The quantitative estimate of drug-likeness (QED) is 0.530. The van der Waals surface area contributed by atoms with Gasteiger partial charge in [-0.3, -0.25) is 14.9 Å². The average molecular weight is 190 g/mol. The first-order valence-electron chi connectivity index (χ1n) is 3.94. The molecule has 1 aromatic carbocycles. The summed E-state index contributed by atoms with van der Waals surface area (Å²) in [5, 5.41) is 12.7. The zero-order valence-electron chi connectivity index (χ0n) is 7.06. The Morgan fingerprint density at radius 1 is 1.29 bits per heavy atom. The molecule has 5 nitrogen and oxygen atoms in total. The van der Waals surface area contributed by atoms with Crippen molar-refractivity contribution in [2.24, 2.45) is 0 Å². The number of nitro groups is 1. The van der Waals surface area contributed by atoms with E-state index in [9.17, 15) is 14.9 Å². The molecule has 0 saturated heterocycles. The maximum atomic E-state index is 11.3. The SMILES string of the molecule is O=C1NC(=C[N+](=O)[O-])c2ccccc21. The summed E-state index contributed by atoms with van der Waals surface area (Å²) in [6.45, 7) is 0. The lowest BCUT2D eigenvalue weighted by atomic mass is 10.1.